The topological polar surface area (TPSA) is 59.8 Å². The van der Waals surface area contributed by atoms with Crippen molar-refractivity contribution in [3.05, 3.63) is 17.8 Å². The number of alkyl halides is 3. The quantitative estimate of drug-likeness (QED) is 0.871. The van der Waals surface area contributed by atoms with Crippen LogP contribution in [0.4, 0.5) is 19.1 Å². The molecule has 0 unspecified atom stereocenters. The molecule has 0 aromatic carbocycles. The first kappa shape index (κ1) is 20.9. The number of hydrogen-bond acceptors (Lipinski definition) is 3. The van der Waals surface area contributed by atoms with Gasteiger partial charge in [-0.25, -0.2) is 9.97 Å². The maximum atomic E-state index is 12.9. The first-order valence-electron chi connectivity index (χ1n) is 7.71. The summed E-state index contributed by atoms with van der Waals surface area (Å²) in [6.45, 7) is 6.24. The van der Waals surface area contributed by atoms with E-state index in [0.717, 1.165) is 4.57 Å². The second-order valence-corrected chi connectivity index (χ2v) is 6.92. The maximum absolute atomic E-state index is 12.9. The van der Waals surface area contributed by atoms with Gasteiger partial charge >= 0.3 is 6.18 Å². The van der Waals surface area contributed by atoms with Crippen molar-refractivity contribution in [2.45, 2.75) is 60.7 Å². The van der Waals surface area contributed by atoms with Crippen LogP contribution in [0.25, 0.3) is 11.2 Å². The van der Waals surface area contributed by atoms with Gasteiger partial charge in [-0.3, -0.25) is 14.7 Å². The molecule has 0 saturated carbocycles. The number of amides is 1. The van der Waals surface area contributed by atoms with E-state index in [2.05, 4.69) is 15.3 Å². The minimum atomic E-state index is -4.44. The number of aryl methyl sites for hydroxylation is 1. The molecule has 0 aliphatic rings. The second kappa shape index (κ2) is 7.41. The first-order chi connectivity index (χ1) is 11.0. The summed E-state index contributed by atoms with van der Waals surface area (Å²) >= 11 is 0. The second-order valence-electron chi connectivity index (χ2n) is 6.92. The molecule has 0 atom stereocenters. The van der Waals surface area contributed by atoms with E-state index < -0.39 is 12.7 Å². The van der Waals surface area contributed by atoms with Gasteiger partial charge in [0.25, 0.3) is 0 Å². The van der Waals surface area contributed by atoms with Crippen LogP contribution in [-0.4, -0.2) is 26.6 Å². The lowest BCUT2D eigenvalue weighted by molar-refractivity contribution is -0.139. The van der Waals surface area contributed by atoms with Gasteiger partial charge in [-0.15, -0.1) is 0 Å². The fourth-order valence-corrected chi connectivity index (χ4v) is 2.31. The Morgan fingerprint density at radius 1 is 1.20 bits per heavy atom. The third kappa shape index (κ3) is 5.72. The lowest BCUT2D eigenvalue weighted by Crippen LogP contribution is -2.24. The van der Waals surface area contributed by atoms with Gasteiger partial charge in [0.15, 0.2) is 5.65 Å². The van der Waals surface area contributed by atoms with Crippen molar-refractivity contribution >= 4 is 23.0 Å². The van der Waals surface area contributed by atoms with Gasteiger partial charge in [-0.05, 0) is 24.0 Å². The number of pyridine rings is 1. The zero-order valence-corrected chi connectivity index (χ0v) is 14.2. The number of imidazole rings is 1. The van der Waals surface area contributed by atoms with Gasteiger partial charge in [0, 0.05) is 12.1 Å². The Hall–Kier alpha value is -2.12. The molecule has 8 heteroatoms. The summed E-state index contributed by atoms with van der Waals surface area (Å²) in [6, 6.07) is 3.33. The van der Waals surface area contributed by atoms with E-state index in [4.69, 9.17) is 0 Å². The van der Waals surface area contributed by atoms with Crippen molar-refractivity contribution in [2.24, 2.45) is 5.41 Å². The monoisotopic (exact) mass is 358 g/mol. The number of nitrogens with one attached hydrogen (secondary N) is 1. The minimum Gasteiger partial charge on any atom is -0.296 e. The molecule has 1 amide bonds. The van der Waals surface area contributed by atoms with Crippen LogP contribution in [0.2, 0.25) is 0 Å². The lowest BCUT2D eigenvalue weighted by atomic mass is 9.92. The predicted molar refractivity (Wildman–Crippen MR) is 92.4 cm³/mol. The standard InChI is InChI=1S/C16H21F3N4O.CH4/c1-5-10-6-7-11-13(20-10)23(9-16(17,18)19)14(21-11)22-12(24)8-15(2,3)4;/h6-7H,5,8-9H2,1-4H3,(H,21,22,24);1H4. The molecule has 140 valence electrons. The highest BCUT2D eigenvalue weighted by molar-refractivity contribution is 5.91. The summed E-state index contributed by atoms with van der Waals surface area (Å²) in [7, 11) is 0. The third-order valence-corrected chi connectivity index (χ3v) is 3.29. The molecule has 0 spiro atoms. The van der Waals surface area contributed by atoms with Gasteiger partial charge < -0.3 is 0 Å². The van der Waals surface area contributed by atoms with Crippen LogP contribution in [-0.2, 0) is 17.8 Å². The number of carbonyl (C=O) groups is 1. The minimum absolute atomic E-state index is 0. The molecule has 2 rings (SSSR count). The molecule has 2 aromatic heterocycles. The van der Waals surface area contributed by atoms with Crippen LogP contribution in [0, 0.1) is 5.41 Å². The third-order valence-electron chi connectivity index (χ3n) is 3.29. The number of carbonyl (C=O) groups excluding carboxylic acids is 1. The number of nitrogens with zero attached hydrogens (tertiary/aromatic N) is 3. The molecule has 2 aromatic rings. The van der Waals surface area contributed by atoms with E-state index >= 15 is 0 Å². The van der Waals surface area contributed by atoms with Gasteiger partial charge in [0.2, 0.25) is 11.9 Å². The number of fused-ring (bicyclic) bond motifs is 1. The Morgan fingerprint density at radius 2 is 1.84 bits per heavy atom. The van der Waals surface area contributed by atoms with E-state index in [-0.39, 0.29) is 36.8 Å². The average Bonchev–Trinajstić information content (AvgIpc) is 2.72. The van der Waals surface area contributed by atoms with Crippen LogP contribution in [0.5, 0.6) is 0 Å². The number of aromatic nitrogens is 3. The van der Waals surface area contributed by atoms with Crippen molar-refractivity contribution in [3.63, 3.8) is 0 Å². The molecule has 0 radical (unpaired) electrons. The molecular weight excluding hydrogens is 333 g/mol. The number of rotatable bonds is 4. The van der Waals surface area contributed by atoms with Crippen molar-refractivity contribution in [2.75, 3.05) is 5.32 Å². The van der Waals surface area contributed by atoms with Crippen molar-refractivity contribution in [1.29, 1.82) is 0 Å². The van der Waals surface area contributed by atoms with Crippen molar-refractivity contribution in [3.8, 4) is 0 Å². The van der Waals surface area contributed by atoms with Crippen LogP contribution < -0.4 is 5.32 Å². The summed E-state index contributed by atoms with van der Waals surface area (Å²) in [4.78, 5) is 20.4. The fourth-order valence-electron chi connectivity index (χ4n) is 2.31. The Balaban J connectivity index is 0.00000312. The van der Waals surface area contributed by atoms with Crippen LogP contribution in [0.15, 0.2) is 12.1 Å². The molecule has 25 heavy (non-hydrogen) atoms. The van der Waals surface area contributed by atoms with Crippen molar-refractivity contribution < 1.29 is 18.0 Å². The van der Waals surface area contributed by atoms with E-state index in [9.17, 15) is 18.0 Å². The highest BCUT2D eigenvalue weighted by Gasteiger charge is 2.31. The van der Waals surface area contributed by atoms with Gasteiger partial charge in [-0.2, -0.15) is 13.2 Å². The molecule has 0 bridgehead atoms. The largest absolute Gasteiger partial charge is 0.406 e. The molecule has 1 N–H and O–H groups in total. The Bertz CT molecular complexity index is 745. The van der Waals surface area contributed by atoms with Gasteiger partial charge in [-0.1, -0.05) is 35.1 Å². The van der Waals surface area contributed by atoms with E-state index in [1.165, 1.54) is 0 Å². The van der Waals surface area contributed by atoms with Crippen molar-refractivity contribution in [1.82, 2.24) is 14.5 Å². The van der Waals surface area contributed by atoms with E-state index in [0.29, 0.717) is 17.6 Å². The fraction of sp³-hybridized carbons (Fsp3) is 0.588. The Labute approximate surface area is 145 Å². The highest BCUT2D eigenvalue weighted by Crippen LogP contribution is 2.26. The molecule has 5 nitrogen and oxygen atoms in total. The first-order valence-corrected chi connectivity index (χ1v) is 7.71. The zero-order chi connectivity index (χ0) is 18.1. The number of hydrogen-bond donors (Lipinski definition) is 1. The summed E-state index contributed by atoms with van der Waals surface area (Å²) in [5, 5.41) is 2.49. The van der Waals surface area contributed by atoms with Gasteiger partial charge in [0.05, 0.1) is 0 Å². The van der Waals surface area contributed by atoms with Gasteiger partial charge in [0.1, 0.15) is 12.1 Å². The number of anilines is 1. The summed E-state index contributed by atoms with van der Waals surface area (Å²) in [5.41, 5.74) is 0.831. The molecule has 0 saturated heterocycles. The highest BCUT2D eigenvalue weighted by atomic mass is 19.4. The van der Waals surface area contributed by atoms with Crippen LogP contribution in [0.3, 0.4) is 0 Å². The zero-order valence-electron chi connectivity index (χ0n) is 14.2. The predicted octanol–water partition coefficient (Wildman–Crippen LogP) is 4.57. The maximum Gasteiger partial charge on any atom is 0.406 e. The Kier molecular flexibility index (Phi) is 6.20. The summed E-state index contributed by atoms with van der Waals surface area (Å²) in [6.07, 6.45) is -3.67. The smallest absolute Gasteiger partial charge is 0.296 e. The molecule has 2 heterocycles. The SMILES string of the molecule is C.CCc1ccc2nc(NC(=O)CC(C)(C)C)n(CC(F)(F)F)c2n1. The van der Waals surface area contributed by atoms with Crippen LogP contribution >= 0.6 is 0 Å². The number of halogens is 3. The molecule has 0 fully saturated rings. The van der Waals surface area contributed by atoms with E-state index in [1.54, 1.807) is 12.1 Å². The Morgan fingerprint density at radius 3 is 2.36 bits per heavy atom. The molecular formula is C17H25F3N4O. The van der Waals surface area contributed by atoms with E-state index in [1.807, 2.05) is 27.7 Å². The van der Waals surface area contributed by atoms with Crippen LogP contribution in [0.1, 0.15) is 47.2 Å². The molecule has 0 aliphatic heterocycles. The normalized spacial score (nSPS) is 12.1. The summed E-state index contributed by atoms with van der Waals surface area (Å²) < 4.78 is 39.7. The molecule has 0 aliphatic carbocycles. The lowest BCUT2D eigenvalue weighted by Gasteiger charge is -2.17. The average molecular weight is 358 g/mol. The summed E-state index contributed by atoms with van der Waals surface area (Å²) in [5.74, 6) is -0.505.